The van der Waals surface area contributed by atoms with Gasteiger partial charge in [0.15, 0.2) is 0 Å². The molecule has 1 N–H and O–H groups in total. The van der Waals surface area contributed by atoms with Crippen LogP contribution in [0.25, 0.3) is 0 Å². The summed E-state index contributed by atoms with van der Waals surface area (Å²) in [6, 6.07) is 11.4. The van der Waals surface area contributed by atoms with Gasteiger partial charge in [0, 0.05) is 5.69 Å². The maximum atomic E-state index is 4.33. The SMILES string of the molecule is Cc1ccc2c(c1)C(Nc1ccc(C)nc1)CC2. The quantitative estimate of drug-likeness (QED) is 0.860. The topological polar surface area (TPSA) is 24.9 Å². The molecule has 1 atom stereocenters. The Hall–Kier alpha value is -1.83. The smallest absolute Gasteiger partial charge is 0.0531 e. The average molecular weight is 238 g/mol. The van der Waals surface area contributed by atoms with Crippen molar-refractivity contribution in [3.63, 3.8) is 0 Å². The van der Waals surface area contributed by atoms with Gasteiger partial charge in [0.25, 0.3) is 0 Å². The van der Waals surface area contributed by atoms with Gasteiger partial charge in [-0.2, -0.15) is 0 Å². The van der Waals surface area contributed by atoms with E-state index in [4.69, 9.17) is 0 Å². The van der Waals surface area contributed by atoms with Crippen LogP contribution in [0, 0.1) is 13.8 Å². The summed E-state index contributed by atoms with van der Waals surface area (Å²) >= 11 is 0. The zero-order valence-corrected chi connectivity index (χ0v) is 10.9. The standard InChI is InChI=1S/C16H18N2/c1-11-3-5-13-6-8-16(15(13)9-11)18-14-7-4-12(2)17-10-14/h3-5,7,9-10,16,18H,6,8H2,1-2H3. The molecule has 0 aliphatic heterocycles. The molecule has 0 radical (unpaired) electrons. The summed E-state index contributed by atoms with van der Waals surface area (Å²) in [5, 5.41) is 3.59. The molecule has 1 aliphatic rings. The molecule has 0 amide bonds. The van der Waals surface area contributed by atoms with Crippen molar-refractivity contribution in [1.29, 1.82) is 0 Å². The van der Waals surface area contributed by atoms with E-state index in [-0.39, 0.29) is 0 Å². The third kappa shape index (κ3) is 2.10. The summed E-state index contributed by atoms with van der Waals surface area (Å²) in [5.74, 6) is 0. The van der Waals surface area contributed by atoms with Crippen molar-refractivity contribution in [2.24, 2.45) is 0 Å². The first-order chi connectivity index (χ1) is 8.72. The van der Waals surface area contributed by atoms with Gasteiger partial charge in [-0.25, -0.2) is 0 Å². The van der Waals surface area contributed by atoms with Gasteiger partial charge in [-0.05, 0) is 49.9 Å². The highest BCUT2D eigenvalue weighted by atomic mass is 14.9. The van der Waals surface area contributed by atoms with E-state index in [2.05, 4.69) is 47.6 Å². The largest absolute Gasteiger partial charge is 0.377 e. The van der Waals surface area contributed by atoms with E-state index < -0.39 is 0 Å². The highest BCUT2D eigenvalue weighted by Crippen LogP contribution is 2.34. The van der Waals surface area contributed by atoms with Gasteiger partial charge >= 0.3 is 0 Å². The average Bonchev–Trinajstić information content (AvgIpc) is 2.75. The normalized spacial score (nSPS) is 17.6. The predicted octanol–water partition coefficient (Wildman–Crippen LogP) is 3.80. The number of hydrogen-bond donors (Lipinski definition) is 1. The minimum absolute atomic E-state index is 0.435. The number of hydrogen-bond acceptors (Lipinski definition) is 2. The van der Waals surface area contributed by atoms with E-state index >= 15 is 0 Å². The molecule has 0 spiro atoms. The molecular formula is C16H18N2. The van der Waals surface area contributed by atoms with Crippen molar-refractivity contribution in [2.75, 3.05) is 5.32 Å². The van der Waals surface area contributed by atoms with Gasteiger partial charge in [-0.1, -0.05) is 23.8 Å². The molecule has 18 heavy (non-hydrogen) atoms. The fourth-order valence-corrected chi connectivity index (χ4v) is 2.63. The van der Waals surface area contributed by atoms with Crippen LogP contribution in [0.1, 0.15) is 34.8 Å². The molecule has 2 heteroatoms. The predicted molar refractivity (Wildman–Crippen MR) is 74.8 cm³/mol. The van der Waals surface area contributed by atoms with E-state index in [1.807, 2.05) is 13.1 Å². The molecule has 1 heterocycles. The Bertz CT molecular complexity index is 558. The summed E-state index contributed by atoms with van der Waals surface area (Å²) in [7, 11) is 0. The van der Waals surface area contributed by atoms with Gasteiger partial charge in [-0.15, -0.1) is 0 Å². The minimum Gasteiger partial charge on any atom is -0.377 e. The van der Waals surface area contributed by atoms with Crippen LogP contribution in [0.3, 0.4) is 0 Å². The van der Waals surface area contributed by atoms with Crippen molar-refractivity contribution in [1.82, 2.24) is 4.98 Å². The van der Waals surface area contributed by atoms with E-state index in [1.54, 1.807) is 0 Å². The molecule has 0 bridgehead atoms. The lowest BCUT2D eigenvalue weighted by molar-refractivity contribution is 0.761. The van der Waals surface area contributed by atoms with Crippen LogP contribution in [0.4, 0.5) is 5.69 Å². The van der Waals surface area contributed by atoms with E-state index in [9.17, 15) is 0 Å². The molecule has 1 aromatic heterocycles. The van der Waals surface area contributed by atoms with Crippen LogP contribution in [0.15, 0.2) is 36.5 Å². The van der Waals surface area contributed by atoms with E-state index in [1.165, 1.54) is 29.5 Å². The Kier molecular flexibility index (Phi) is 2.78. The lowest BCUT2D eigenvalue weighted by Gasteiger charge is -2.15. The minimum atomic E-state index is 0.435. The molecule has 0 fully saturated rings. The van der Waals surface area contributed by atoms with Crippen molar-refractivity contribution < 1.29 is 0 Å². The Morgan fingerprint density at radius 3 is 2.83 bits per heavy atom. The van der Waals surface area contributed by atoms with Gasteiger partial charge in [0.05, 0.1) is 17.9 Å². The molecule has 3 rings (SSSR count). The number of benzene rings is 1. The molecule has 2 nitrogen and oxygen atoms in total. The maximum absolute atomic E-state index is 4.33. The fraction of sp³-hybridized carbons (Fsp3) is 0.312. The van der Waals surface area contributed by atoms with Crippen molar-refractivity contribution in [3.05, 3.63) is 58.9 Å². The number of aryl methyl sites for hydroxylation is 3. The van der Waals surface area contributed by atoms with Crippen LogP contribution in [0.2, 0.25) is 0 Å². The number of nitrogens with zero attached hydrogens (tertiary/aromatic N) is 1. The number of pyridine rings is 1. The van der Waals surface area contributed by atoms with Gasteiger partial charge < -0.3 is 5.32 Å². The second kappa shape index (κ2) is 4.45. The summed E-state index contributed by atoms with van der Waals surface area (Å²) < 4.78 is 0. The lowest BCUT2D eigenvalue weighted by Crippen LogP contribution is -2.07. The Labute approximate surface area is 108 Å². The lowest BCUT2D eigenvalue weighted by atomic mass is 10.0. The summed E-state index contributed by atoms with van der Waals surface area (Å²) in [4.78, 5) is 4.33. The molecule has 1 aliphatic carbocycles. The number of fused-ring (bicyclic) bond motifs is 1. The summed E-state index contributed by atoms with van der Waals surface area (Å²) in [6.07, 6.45) is 4.27. The van der Waals surface area contributed by atoms with Crippen LogP contribution < -0.4 is 5.32 Å². The molecule has 1 unspecified atom stereocenters. The van der Waals surface area contributed by atoms with Crippen LogP contribution in [-0.4, -0.2) is 4.98 Å². The first-order valence-corrected chi connectivity index (χ1v) is 6.51. The van der Waals surface area contributed by atoms with Gasteiger partial charge in [0.2, 0.25) is 0 Å². The number of rotatable bonds is 2. The number of nitrogens with one attached hydrogen (secondary N) is 1. The zero-order valence-electron chi connectivity index (χ0n) is 10.9. The molecule has 2 aromatic rings. The highest BCUT2D eigenvalue weighted by Gasteiger charge is 2.22. The monoisotopic (exact) mass is 238 g/mol. The first-order valence-electron chi connectivity index (χ1n) is 6.51. The van der Waals surface area contributed by atoms with Crippen LogP contribution >= 0.6 is 0 Å². The molecule has 92 valence electrons. The fourth-order valence-electron chi connectivity index (χ4n) is 2.63. The Morgan fingerprint density at radius 2 is 2.06 bits per heavy atom. The van der Waals surface area contributed by atoms with Crippen molar-refractivity contribution in [2.45, 2.75) is 32.7 Å². The van der Waals surface area contributed by atoms with Crippen LogP contribution in [-0.2, 0) is 6.42 Å². The summed E-state index contributed by atoms with van der Waals surface area (Å²) in [5.41, 5.74) is 6.45. The molecular weight excluding hydrogens is 220 g/mol. The number of anilines is 1. The second-order valence-electron chi connectivity index (χ2n) is 5.13. The Morgan fingerprint density at radius 1 is 1.17 bits per heavy atom. The summed E-state index contributed by atoms with van der Waals surface area (Å²) in [6.45, 7) is 4.17. The van der Waals surface area contributed by atoms with Crippen molar-refractivity contribution in [3.8, 4) is 0 Å². The van der Waals surface area contributed by atoms with Crippen LogP contribution in [0.5, 0.6) is 0 Å². The van der Waals surface area contributed by atoms with E-state index in [0.717, 1.165) is 11.4 Å². The molecule has 0 saturated carbocycles. The van der Waals surface area contributed by atoms with Gasteiger partial charge in [0.1, 0.15) is 0 Å². The third-order valence-electron chi connectivity index (χ3n) is 3.63. The highest BCUT2D eigenvalue weighted by molar-refractivity contribution is 5.47. The van der Waals surface area contributed by atoms with E-state index in [0.29, 0.717) is 6.04 Å². The molecule has 0 saturated heterocycles. The third-order valence-corrected chi connectivity index (χ3v) is 3.63. The number of aromatic nitrogens is 1. The first kappa shape index (κ1) is 11.3. The molecule has 1 aromatic carbocycles. The van der Waals surface area contributed by atoms with Gasteiger partial charge in [-0.3, -0.25) is 4.98 Å². The maximum Gasteiger partial charge on any atom is 0.0531 e. The zero-order chi connectivity index (χ0) is 12.5. The Balaban J connectivity index is 1.84. The van der Waals surface area contributed by atoms with Crippen molar-refractivity contribution >= 4 is 5.69 Å². The second-order valence-corrected chi connectivity index (χ2v) is 5.13.